The molecule has 2 N–H and O–H groups in total. The lowest BCUT2D eigenvalue weighted by Gasteiger charge is -2.36. The van der Waals surface area contributed by atoms with Gasteiger partial charge < -0.3 is 14.6 Å². The number of unbranched alkanes of at least 4 members (excludes halogenated alkanes) is 1. The van der Waals surface area contributed by atoms with Crippen LogP contribution in [-0.4, -0.2) is 37.8 Å². The maximum absolute atomic E-state index is 10.4. The van der Waals surface area contributed by atoms with E-state index in [1.165, 1.54) is 0 Å². The van der Waals surface area contributed by atoms with Crippen molar-refractivity contribution in [3.63, 3.8) is 0 Å². The zero-order valence-electron chi connectivity index (χ0n) is 15.8. The highest BCUT2D eigenvalue weighted by Gasteiger charge is 2.36. The molecule has 0 radical (unpaired) electrons. The lowest BCUT2D eigenvalue weighted by atomic mass is 9.83. The van der Waals surface area contributed by atoms with Crippen LogP contribution in [0.15, 0.2) is 25.3 Å². The van der Waals surface area contributed by atoms with Crippen LogP contribution in [0, 0.1) is 11.8 Å². The van der Waals surface area contributed by atoms with Crippen molar-refractivity contribution in [3.8, 4) is 0 Å². The summed E-state index contributed by atoms with van der Waals surface area (Å²) in [5.74, 6) is -0.0807. The molecule has 0 saturated carbocycles. The van der Waals surface area contributed by atoms with Gasteiger partial charge in [0.25, 0.3) is 0 Å². The molecule has 136 valence electrons. The highest BCUT2D eigenvalue weighted by atomic mass is 28.4. The number of hydrogen-bond acceptors (Lipinski definition) is 3. The molecule has 3 atom stereocenters. The fourth-order valence-electron chi connectivity index (χ4n) is 2.41. The molecule has 0 rings (SSSR count). The van der Waals surface area contributed by atoms with E-state index in [-0.39, 0.29) is 23.5 Å². The van der Waals surface area contributed by atoms with Gasteiger partial charge in [-0.3, -0.25) is 0 Å². The lowest BCUT2D eigenvalue weighted by Crippen LogP contribution is -2.41. The van der Waals surface area contributed by atoms with Gasteiger partial charge in [0.05, 0.1) is 6.10 Å². The van der Waals surface area contributed by atoms with Crippen LogP contribution in [0.1, 0.15) is 46.5 Å². The van der Waals surface area contributed by atoms with Crippen molar-refractivity contribution in [2.75, 3.05) is 13.2 Å². The third-order valence-electron chi connectivity index (χ3n) is 5.16. The van der Waals surface area contributed by atoms with Gasteiger partial charge in [-0.05, 0) is 49.7 Å². The van der Waals surface area contributed by atoms with E-state index in [0.29, 0.717) is 6.42 Å². The van der Waals surface area contributed by atoms with Crippen LogP contribution in [0.3, 0.4) is 0 Å². The van der Waals surface area contributed by atoms with Crippen molar-refractivity contribution < 1.29 is 14.6 Å². The van der Waals surface area contributed by atoms with E-state index < -0.39 is 14.4 Å². The van der Waals surface area contributed by atoms with Gasteiger partial charge in [0.15, 0.2) is 8.32 Å². The van der Waals surface area contributed by atoms with E-state index >= 15 is 0 Å². The minimum Gasteiger partial charge on any atom is -0.417 e. The van der Waals surface area contributed by atoms with Crippen LogP contribution in [0.25, 0.3) is 0 Å². The van der Waals surface area contributed by atoms with Gasteiger partial charge in [-0.25, -0.2) is 0 Å². The Balaban J connectivity index is 4.25. The van der Waals surface area contributed by atoms with Gasteiger partial charge in [-0.2, -0.15) is 0 Å². The molecular weight excluding hydrogens is 304 g/mol. The highest BCUT2D eigenvalue weighted by molar-refractivity contribution is 6.74. The average Bonchev–Trinajstić information content (AvgIpc) is 2.45. The summed E-state index contributed by atoms with van der Waals surface area (Å²) in [6.45, 7) is 19.5. The van der Waals surface area contributed by atoms with Gasteiger partial charge in [0.2, 0.25) is 0 Å². The molecule has 0 aromatic rings. The fraction of sp³-hybridized carbons (Fsp3) is 0.789. The van der Waals surface area contributed by atoms with Gasteiger partial charge in [0.1, 0.15) is 0 Å². The van der Waals surface area contributed by atoms with Crippen LogP contribution in [0.4, 0.5) is 0 Å². The van der Waals surface area contributed by atoms with Crippen molar-refractivity contribution in [1.82, 2.24) is 0 Å². The van der Waals surface area contributed by atoms with E-state index in [9.17, 15) is 10.2 Å². The van der Waals surface area contributed by atoms with Crippen molar-refractivity contribution in [1.29, 1.82) is 0 Å². The summed E-state index contributed by atoms with van der Waals surface area (Å²) in [4.78, 5) is 0. The first-order valence-corrected chi connectivity index (χ1v) is 11.7. The Hall–Kier alpha value is -0.423. The second-order valence-electron chi connectivity index (χ2n) is 7.94. The number of allylic oxidation sites excluding steroid dienone is 1. The zero-order chi connectivity index (χ0) is 18.1. The molecule has 0 saturated heterocycles. The molecule has 0 heterocycles. The first-order valence-electron chi connectivity index (χ1n) is 8.77. The molecule has 0 aromatic heterocycles. The molecule has 0 spiro atoms. The average molecular weight is 343 g/mol. The molecule has 0 aromatic carbocycles. The van der Waals surface area contributed by atoms with E-state index in [4.69, 9.17) is 4.43 Å². The minimum absolute atomic E-state index is 0.00342. The van der Waals surface area contributed by atoms with Gasteiger partial charge in [-0.15, -0.1) is 13.2 Å². The molecule has 0 aliphatic rings. The summed E-state index contributed by atoms with van der Waals surface area (Å²) < 4.78 is 6.16. The Morgan fingerprint density at radius 3 is 2.22 bits per heavy atom. The maximum atomic E-state index is 10.4. The largest absolute Gasteiger partial charge is 0.417 e. The zero-order valence-corrected chi connectivity index (χ0v) is 16.8. The van der Waals surface area contributed by atoms with E-state index in [2.05, 4.69) is 47.0 Å². The van der Waals surface area contributed by atoms with E-state index in [1.54, 1.807) is 12.2 Å². The quantitative estimate of drug-likeness (QED) is 0.311. The number of aliphatic hydroxyl groups excluding tert-OH is 2. The number of rotatable bonds is 12. The Morgan fingerprint density at radius 1 is 1.17 bits per heavy atom. The topological polar surface area (TPSA) is 49.7 Å². The lowest BCUT2D eigenvalue weighted by molar-refractivity contribution is 0.0566. The third kappa shape index (κ3) is 7.79. The minimum atomic E-state index is -1.67. The summed E-state index contributed by atoms with van der Waals surface area (Å²) in [5, 5.41) is 20.1. The van der Waals surface area contributed by atoms with Gasteiger partial charge >= 0.3 is 0 Å². The Morgan fingerprint density at radius 2 is 1.78 bits per heavy atom. The SMILES string of the molecule is C=CC[C@H]([C@H](O)CCCCO[Si](C)(C)C(C)(C)C)[C@H](C=C)CO. The van der Waals surface area contributed by atoms with E-state index in [0.717, 1.165) is 25.9 Å². The Kier molecular flexibility index (Phi) is 10.3. The van der Waals surface area contributed by atoms with E-state index in [1.807, 2.05) is 0 Å². The summed E-state index contributed by atoms with van der Waals surface area (Å²) in [5.41, 5.74) is 0. The maximum Gasteiger partial charge on any atom is 0.191 e. The molecular formula is C19H38O3Si. The van der Waals surface area contributed by atoms with Crippen LogP contribution in [-0.2, 0) is 4.43 Å². The van der Waals surface area contributed by atoms with Crippen LogP contribution >= 0.6 is 0 Å². The second kappa shape index (κ2) is 10.4. The monoisotopic (exact) mass is 342 g/mol. The Labute approximate surface area is 144 Å². The molecule has 0 bridgehead atoms. The normalized spacial score (nSPS) is 16.7. The summed E-state index contributed by atoms with van der Waals surface area (Å²) in [6.07, 6.45) is 6.42. The predicted molar refractivity (Wildman–Crippen MR) is 102 cm³/mol. The van der Waals surface area contributed by atoms with Crippen molar-refractivity contribution in [2.45, 2.75) is 70.7 Å². The fourth-order valence-corrected chi connectivity index (χ4v) is 3.50. The van der Waals surface area contributed by atoms with Crippen molar-refractivity contribution in [3.05, 3.63) is 25.3 Å². The van der Waals surface area contributed by atoms with Crippen LogP contribution in [0.2, 0.25) is 18.1 Å². The molecule has 0 fully saturated rings. The molecule has 0 amide bonds. The van der Waals surface area contributed by atoms with Crippen molar-refractivity contribution >= 4 is 8.32 Å². The first-order chi connectivity index (χ1) is 10.6. The smallest absolute Gasteiger partial charge is 0.191 e. The van der Waals surface area contributed by atoms with Crippen LogP contribution in [0.5, 0.6) is 0 Å². The molecule has 3 nitrogen and oxygen atoms in total. The van der Waals surface area contributed by atoms with Crippen LogP contribution < -0.4 is 0 Å². The molecule has 0 unspecified atom stereocenters. The molecule has 23 heavy (non-hydrogen) atoms. The third-order valence-corrected chi connectivity index (χ3v) is 9.70. The summed E-state index contributed by atoms with van der Waals surface area (Å²) in [6, 6.07) is 0. The van der Waals surface area contributed by atoms with Gasteiger partial charge in [-0.1, -0.05) is 32.9 Å². The second-order valence-corrected chi connectivity index (χ2v) is 12.8. The predicted octanol–water partition coefficient (Wildman–Crippen LogP) is 4.53. The summed E-state index contributed by atoms with van der Waals surface area (Å²) >= 11 is 0. The highest BCUT2D eigenvalue weighted by Crippen LogP contribution is 2.36. The summed E-state index contributed by atoms with van der Waals surface area (Å²) in [7, 11) is -1.67. The molecule has 0 aliphatic carbocycles. The first kappa shape index (κ1) is 22.6. The van der Waals surface area contributed by atoms with Gasteiger partial charge in [0, 0.05) is 19.1 Å². The van der Waals surface area contributed by atoms with Crippen molar-refractivity contribution in [2.24, 2.45) is 11.8 Å². The standard InChI is InChI=1S/C19H38O3Si/c1-8-12-17(16(9-2)15-20)18(21)13-10-11-14-22-23(6,7)19(3,4)5/h8-9,16-18,20-21H,1-2,10-15H2,3-7H3/t16-,17+,18-/m1/s1. The molecule has 0 aliphatic heterocycles. The number of aliphatic hydroxyl groups is 2. The molecule has 4 heteroatoms. The Bertz CT molecular complexity index is 347. The number of hydrogen-bond donors (Lipinski definition) is 2.